The zero-order valence-electron chi connectivity index (χ0n) is 21.8. The molecule has 1 aliphatic carbocycles. The third kappa shape index (κ3) is 7.46. The van der Waals surface area contributed by atoms with Crippen LogP contribution in [0.5, 0.6) is 5.75 Å². The van der Waals surface area contributed by atoms with Gasteiger partial charge in [0.25, 0.3) is 11.8 Å². The highest BCUT2D eigenvalue weighted by Gasteiger charge is 2.23. The minimum absolute atomic E-state index is 0.214. The van der Waals surface area contributed by atoms with Gasteiger partial charge in [0.1, 0.15) is 11.4 Å². The topological polar surface area (TPSA) is 70.7 Å². The van der Waals surface area contributed by atoms with Gasteiger partial charge in [-0.15, -0.1) is 0 Å². The normalized spacial score (nSPS) is 13.1. The summed E-state index contributed by atoms with van der Waals surface area (Å²) in [6.07, 6.45) is 4.98. The molecule has 0 heterocycles. The summed E-state index contributed by atoms with van der Waals surface area (Å²) in [5, 5.41) is 5.55. The van der Waals surface area contributed by atoms with E-state index in [2.05, 4.69) is 51.9 Å². The Hall–Kier alpha value is -4.06. The predicted octanol–water partition coefficient (Wildman–Crippen LogP) is 5.16. The monoisotopic (exact) mass is 497 g/mol. The van der Waals surface area contributed by atoms with Crippen molar-refractivity contribution >= 4 is 23.6 Å². The number of hydrogen-bond acceptors (Lipinski definition) is 4. The van der Waals surface area contributed by atoms with E-state index < -0.39 is 0 Å². The molecule has 6 heteroatoms. The minimum atomic E-state index is -0.348. The van der Waals surface area contributed by atoms with Crippen LogP contribution < -0.4 is 20.3 Å². The van der Waals surface area contributed by atoms with Crippen LogP contribution in [0.3, 0.4) is 0 Å². The van der Waals surface area contributed by atoms with Crippen molar-refractivity contribution in [2.75, 3.05) is 32.1 Å². The fourth-order valence-electron chi connectivity index (χ4n) is 4.01. The summed E-state index contributed by atoms with van der Waals surface area (Å²) < 4.78 is 5.87. The van der Waals surface area contributed by atoms with Crippen molar-refractivity contribution in [1.29, 1.82) is 0 Å². The summed E-state index contributed by atoms with van der Waals surface area (Å²) in [4.78, 5) is 27.6. The molecular formula is C31H35N3O3. The van der Waals surface area contributed by atoms with Crippen LogP contribution in [0, 0.1) is 0 Å². The first-order valence-electron chi connectivity index (χ1n) is 12.8. The van der Waals surface area contributed by atoms with Crippen molar-refractivity contribution in [1.82, 2.24) is 10.6 Å². The Balaban J connectivity index is 1.35. The second-order valence-electron chi connectivity index (χ2n) is 9.50. The fourth-order valence-corrected chi connectivity index (χ4v) is 4.01. The van der Waals surface area contributed by atoms with Crippen LogP contribution in [-0.4, -0.2) is 39.1 Å². The maximum atomic E-state index is 12.9. The Morgan fingerprint density at radius 3 is 2.22 bits per heavy atom. The van der Waals surface area contributed by atoms with Gasteiger partial charge in [0.2, 0.25) is 0 Å². The third-order valence-corrected chi connectivity index (χ3v) is 6.36. The second-order valence-corrected chi connectivity index (χ2v) is 9.50. The van der Waals surface area contributed by atoms with Gasteiger partial charge in [-0.2, -0.15) is 0 Å². The number of anilines is 1. The van der Waals surface area contributed by atoms with E-state index in [-0.39, 0.29) is 17.5 Å². The van der Waals surface area contributed by atoms with Crippen LogP contribution in [-0.2, 0) is 11.2 Å². The molecule has 3 aromatic carbocycles. The molecule has 0 radical (unpaired) electrons. The average molecular weight is 498 g/mol. The molecule has 2 N–H and O–H groups in total. The van der Waals surface area contributed by atoms with Crippen molar-refractivity contribution in [3.8, 4) is 5.75 Å². The Morgan fingerprint density at radius 1 is 0.946 bits per heavy atom. The van der Waals surface area contributed by atoms with Gasteiger partial charge >= 0.3 is 0 Å². The van der Waals surface area contributed by atoms with Gasteiger partial charge < -0.3 is 20.3 Å². The van der Waals surface area contributed by atoms with Crippen LogP contribution >= 0.6 is 0 Å². The van der Waals surface area contributed by atoms with Gasteiger partial charge in [-0.3, -0.25) is 9.59 Å². The molecule has 1 aliphatic rings. The molecule has 37 heavy (non-hydrogen) atoms. The fraction of sp³-hybridized carbons (Fsp3) is 0.290. The van der Waals surface area contributed by atoms with Crippen molar-refractivity contribution in [2.24, 2.45) is 0 Å². The second kappa shape index (κ2) is 12.3. The average Bonchev–Trinajstić information content (AvgIpc) is 3.75. The van der Waals surface area contributed by atoms with E-state index >= 15 is 0 Å². The smallest absolute Gasteiger partial charge is 0.267 e. The SMILES string of the molecule is CCNC(=O)C(=Cc1ccc(C2CC2)cc1)NC(=O)c1ccc(OCCc2ccc(N(C)C)cc2)cc1. The molecule has 6 nitrogen and oxygen atoms in total. The molecule has 192 valence electrons. The maximum Gasteiger partial charge on any atom is 0.267 e. The van der Waals surface area contributed by atoms with Crippen molar-refractivity contribution in [2.45, 2.75) is 32.1 Å². The molecule has 0 atom stereocenters. The van der Waals surface area contributed by atoms with Crippen molar-refractivity contribution < 1.29 is 14.3 Å². The lowest BCUT2D eigenvalue weighted by molar-refractivity contribution is -0.117. The number of carbonyl (C=O) groups is 2. The van der Waals surface area contributed by atoms with Crippen LogP contribution in [0.15, 0.2) is 78.5 Å². The summed E-state index contributed by atoms with van der Waals surface area (Å²) in [6, 6.07) is 23.5. The van der Waals surface area contributed by atoms with E-state index in [1.165, 1.54) is 24.0 Å². The number of ether oxygens (including phenoxy) is 1. The first-order valence-corrected chi connectivity index (χ1v) is 12.8. The van der Waals surface area contributed by atoms with E-state index in [0.717, 1.165) is 17.7 Å². The predicted molar refractivity (Wildman–Crippen MR) is 149 cm³/mol. The van der Waals surface area contributed by atoms with Gasteiger partial charge in [-0.05, 0) is 84.8 Å². The quantitative estimate of drug-likeness (QED) is 0.359. The highest BCUT2D eigenvalue weighted by atomic mass is 16.5. The van der Waals surface area contributed by atoms with Gasteiger partial charge in [0, 0.05) is 38.3 Å². The minimum Gasteiger partial charge on any atom is -0.493 e. The van der Waals surface area contributed by atoms with Crippen molar-refractivity contribution in [3.63, 3.8) is 0 Å². The number of nitrogens with one attached hydrogen (secondary N) is 2. The molecule has 0 bridgehead atoms. The zero-order valence-corrected chi connectivity index (χ0v) is 21.8. The molecule has 0 saturated heterocycles. The summed E-state index contributed by atoms with van der Waals surface area (Å²) in [5.74, 6) is 0.694. The molecule has 4 rings (SSSR count). The first-order chi connectivity index (χ1) is 17.9. The lowest BCUT2D eigenvalue weighted by Gasteiger charge is -2.13. The largest absolute Gasteiger partial charge is 0.493 e. The Labute approximate surface area is 219 Å². The molecule has 1 saturated carbocycles. The highest BCUT2D eigenvalue weighted by molar-refractivity contribution is 6.05. The van der Waals surface area contributed by atoms with Crippen molar-refractivity contribution in [3.05, 3.63) is 101 Å². The lowest BCUT2D eigenvalue weighted by Crippen LogP contribution is -2.34. The van der Waals surface area contributed by atoms with Crippen LogP contribution in [0.25, 0.3) is 6.08 Å². The van der Waals surface area contributed by atoms with Crippen LogP contribution in [0.4, 0.5) is 5.69 Å². The van der Waals surface area contributed by atoms with E-state index in [1.807, 2.05) is 33.2 Å². The van der Waals surface area contributed by atoms with Crippen LogP contribution in [0.1, 0.15) is 52.7 Å². The highest BCUT2D eigenvalue weighted by Crippen LogP contribution is 2.39. The molecule has 0 unspecified atom stereocenters. The van der Waals surface area contributed by atoms with E-state index in [0.29, 0.717) is 30.4 Å². The zero-order chi connectivity index (χ0) is 26.2. The van der Waals surface area contributed by atoms with Gasteiger partial charge in [0.05, 0.1) is 6.61 Å². The summed E-state index contributed by atoms with van der Waals surface area (Å²) in [7, 11) is 4.04. The molecule has 0 spiro atoms. The maximum absolute atomic E-state index is 12.9. The lowest BCUT2D eigenvalue weighted by atomic mass is 10.1. The molecule has 3 aromatic rings. The van der Waals surface area contributed by atoms with Gasteiger partial charge in [0.15, 0.2) is 0 Å². The first kappa shape index (κ1) is 26.0. The Bertz CT molecular complexity index is 1230. The molecule has 0 aliphatic heterocycles. The van der Waals surface area contributed by atoms with Crippen LogP contribution in [0.2, 0.25) is 0 Å². The molecular weight excluding hydrogens is 462 g/mol. The van der Waals surface area contributed by atoms with Gasteiger partial charge in [-0.25, -0.2) is 0 Å². The molecule has 1 fully saturated rings. The number of rotatable bonds is 11. The van der Waals surface area contributed by atoms with Gasteiger partial charge in [-0.1, -0.05) is 36.4 Å². The number of benzene rings is 3. The molecule has 2 amide bonds. The number of amides is 2. The standard InChI is InChI=1S/C31H35N3O3/c1-4-32-31(36)29(21-23-5-9-24(10-6-23)25-11-12-25)33-30(35)26-13-17-28(18-14-26)37-20-19-22-7-15-27(16-8-22)34(2)3/h5-10,13-18,21,25H,4,11-12,19-20H2,1-3H3,(H,32,36)(H,33,35). The number of likely N-dealkylation sites (N-methyl/N-ethyl adjacent to an activating group) is 1. The van der Waals surface area contributed by atoms with E-state index in [4.69, 9.17) is 4.74 Å². The summed E-state index contributed by atoms with van der Waals surface area (Å²) >= 11 is 0. The third-order valence-electron chi connectivity index (χ3n) is 6.36. The Kier molecular flexibility index (Phi) is 8.62. The summed E-state index contributed by atoms with van der Waals surface area (Å²) in [5.41, 5.74) is 5.22. The number of nitrogens with zero attached hydrogens (tertiary/aromatic N) is 1. The molecule has 0 aromatic heterocycles. The Morgan fingerprint density at radius 2 is 1.62 bits per heavy atom. The van der Waals surface area contributed by atoms with E-state index in [9.17, 15) is 9.59 Å². The van der Waals surface area contributed by atoms with E-state index in [1.54, 1.807) is 30.3 Å². The number of carbonyl (C=O) groups excluding carboxylic acids is 2. The number of hydrogen-bond donors (Lipinski definition) is 2. The summed E-state index contributed by atoms with van der Waals surface area (Å²) in [6.45, 7) is 2.86.